The van der Waals surface area contributed by atoms with E-state index in [-0.39, 0.29) is 18.2 Å². The summed E-state index contributed by atoms with van der Waals surface area (Å²) in [7, 11) is -3.36. The molecule has 19 heavy (non-hydrogen) atoms. The average molecular weight is 289 g/mol. The summed E-state index contributed by atoms with van der Waals surface area (Å²) in [6.07, 6.45) is 4.96. The Morgan fingerprint density at radius 1 is 1.21 bits per heavy atom. The minimum atomic E-state index is -3.36. The van der Waals surface area contributed by atoms with Crippen LogP contribution in [0.2, 0.25) is 0 Å². The van der Waals surface area contributed by atoms with Crippen LogP contribution in [0.25, 0.3) is 0 Å². The molecule has 7 heteroatoms. The number of nitrogens with one attached hydrogen (secondary N) is 1. The zero-order valence-electron chi connectivity index (χ0n) is 11.1. The second-order valence-corrected chi connectivity index (χ2v) is 7.62. The van der Waals surface area contributed by atoms with Crippen LogP contribution in [0.4, 0.5) is 0 Å². The molecule has 3 aliphatic heterocycles. The number of ether oxygens (including phenoxy) is 1. The van der Waals surface area contributed by atoms with E-state index >= 15 is 0 Å². The number of nitrogens with zero attached hydrogens (tertiary/aromatic N) is 1. The van der Waals surface area contributed by atoms with Crippen LogP contribution in [0.5, 0.6) is 0 Å². The summed E-state index contributed by atoms with van der Waals surface area (Å²) < 4.78 is 34.8. The lowest BCUT2D eigenvalue weighted by molar-refractivity contribution is 0.0993. The third-order valence-electron chi connectivity index (χ3n) is 4.65. The number of piperidine rings is 1. The highest BCUT2D eigenvalue weighted by Gasteiger charge is 2.43. The highest BCUT2D eigenvalue weighted by atomic mass is 32.2. The lowest BCUT2D eigenvalue weighted by Crippen LogP contribution is -2.51. The molecule has 0 aromatic rings. The highest BCUT2D eigenvalue weighted by molar-refractivity contribution is 7.87. The van der Waals surface area contributed by atoms with Crippen LogP contribution >= 0.6 is 0 Å². The molecule has 2 bridgehead atoms. The van der Waals surface area contributed by atoms with Gasteiger partial charge in [-0.25, -0.2) is 0 Å². The van der Waals surface area contributed by atoms with E-state index in [1.165, 1.54) is 0 Å². The molecule has 0 spiro atoms. The van der Waals surface area contributed by atoms with E-state index in [9.17, 15) is 8.42 Å². The molecule has 0 aliphatic carbocycles. The van der Waals surface area contributed by atoms with Gasteiger partial charge in [0.1, 0.15) is 0 Å². The van der Waals surface area contributed by atoms with Gasteiger partial charge in [-0.3, -0.25) is 0 Å². The molecule has 0 aromatic carbocycles. The number of nitrogens with two attached hydrogens (primary N) is 1. The molecule has 0 amide bonds. The summed E-state index contributed by atoms with van der Waals surface area (Å²) in [5, 5.41) is 0. The molecule has 110 valence electrons. The van der Waals surface area contributed by atoms with E-state index in [1.54, 1.807) is 4.31 Å². The quantitative estimate of drug-likeness (QED) is 0.751. The Hall–Kier alpha value is -0.210. The molecular formula is C12H23N3O3S. The summed E-state index contributed by atoms with van der Waals surface area (Å²) in [6.45, 7) is 1.82. The molecule has 3 aliphatic rings. The Bertz CT molecular complexity index is 420. The maximum Gasteiger partial charge on any atom is 0.279 e. The van der Waals surface area contributed by atoms with Crippen LogP contribution < -0.4 is 10.5 Å². The summed E-state index contributed by atoms with van der Waals surface area (Å²) in [5.41, 5.74) is 5.63. The maximum atomic E-state index is 12.3. The molecule has 3 heterocycles. The van der Waals surface area contributed by atoms with Crippen molar-refractivity contribution in [2.24, 2.45) is 11.7 Å². The van der Waals surface area contributed by atoms with Gasteiger partial charge in [-0.15, -0.1) is 0 Å². The summed E-state index contributed by atoms with van der Waals surface area (Å²) in [6, 6.07) is -0.0315. The van der Waals surface area contributed by atoms with Crippen LogP contribution in [0.1, 0.15) is 32.1 Å². The van der Waals surface area contributed by atoms with Crippen molar-refractivity contribution in [2.75, 3.05) is 19.6 Å². The molecule has 6 nitrogen and oxygen atoms in total. The predicted octanol–water partition coefficient (Wildman–Crippen LogP) is -0.189. The third-order valence-corrected chi connectivity index (χ3v) is 6.30. The average Bonchev–Trinajstić information content (AvgIpc) is 3.00. The fourth-order valence-electron chi connectivity index (χ4n) is 3.41. The van der Waals surface area contributed by atoms with Crippen LogP contribution in [0, 0.1) is 5.92 Å². The predicted molar refractivity (Wildman–Crippen MR) is 71.7 cm³/mol. The SMILES string of the molecule is NCC1CCN(S(=O)(=O)NC2CC3CCC2O3)CC1. The fourth-order valence-corrected chi connectivity index (χ4v) is 4.88. The molecular weight excluding hydrogens is 266 g/mol. The first kappa shape index (κ1) is 13.8. The Morgan fingerprint density at radius 3 is 2.47 bits per heavy atom. The van der Waals surface area contributed by atoms with E-state index < -0.39 is 10.2 Å². The maximum absolute atomic E-state index is 12.3. The van der Waals surface area contributed by atoms with Crippen LogP contribution in [0.15, 0.2) is 0 Å². The monoisotopic (exact) mass is 289 g/mol. The topological polar surface area (TPSA) is 84.7 Å². The number of fused-ring (bicyclic) bond motifs is 2. The van der Waals surface area contributed by atoms with Gasteiger partial charge in [-0.05, 0) is 44.6 Å². The molecule has 0 radical (unpaired) electrons. The van der Waals surface area contributed by atoms with Crippen molar-refractivity contribution in [2.45, 2.75) is 50.4 Å². The molecule has 3 saturated heterocycles. The Balaban J connectivity index is 1.57. The molecule has 3 fully saturated rings. The standard InChI is InChI=1S/C12H23N3O3S/c13-8-9-3-5-15(6-4-9)19(16,17)14-11-7-10-1-2-12(11)18-10/h9-12,14H,1-8,13H2. The summed E-state index contributed by atoms with van der Waals surface area (Å²) in [5.74, 6) is 0.470. The lowest BCUT2D eigenvalue weighted by Gasteiger charge is -2.32. The van der Waals surface area contributed by atoms with Crippen LogP contribution in [-0.2, 0) is 14.9 Å². The van der Waals surface area contributed by atoms with Gasteiger partial charge in [-0.2, -0.15) is 17.4 Å². The molecule has 3 rings (SSSR count). The summed E-state index contributed by atoms with van der Waals surface area (Å²) in [4.78, 5) is 0. The van der Waals surface area contributed by atoms with Crippen molar-refractivity contribution < 1.29 is 13.2 Å². The Morgan fingerprint density at radius 2 is 1.95 bits per heavy atom. The van der Waals surface area contributed by atoms with Crippen LogP contribution in [-0.4, -0.2) is 50.6 Å². The molecule has 3 N–H and O–H groups in total. The number of hydrogen-bond acceptors (Lipinski definition) is 4. The second kappa shape index (κ2) is 5.29. The van der Waals surface area contributed by atoms with Crippen molar-refractivity contribution in [1.29, 1.82) is 0 Å². The van der Waals surface area contributed by atoms with Gasteiger partial charge >= 0.3 is 0 Å². The van der Waals surface area contributed by atoms with Gasteiger partial charge in [0.15, 0.2) is 0 Å². The second-order valence-electron chi connectivity index (χ2n) is 5.92. The highest BCUT2D eigenvalue weighted by Crippen LogP contribution is 2.34. The largest absolute Gasteiger partial charge is 0.373 e. The van der Waals surface area contributed by atoms with Gasteiger partial charge in [0.25, 0.3) is 10.2 Å². The zero-order valence-corrected chi connectivity index (χ0v) is 11.9. The molecule has 0 aromatic heterocycles. The van der Waals surface area contributed by atoms with Gasteiger partial charge in [-0.1, -0.05) is 0 Å². The first-order valence-corrected chi connectivity index (χ1v) is 8.65. The van der Waals surface area contributed by atoms with Gasteiger partial charge in [0.2, 0.25) is 0 Å². The van der Waals surface area contributed by atoms with Crippen molar-refractivity contribution in [3.63, 3.8) is 0 Å². The van der Waals surface area contributed by atoms with Crippen molar-refractivity contribution in [3.8, 4) is 0 Å². The Labute approximate surface area is 114 Å². The zero-order chi connectivity index (χ0) is 13.5. The number of rotatable bonds is 4. The minimum absolute atomic E-state index is 0.0315. The molecule has 0 saturated carbocycles. The Kier molecular flexibility index (Phi) is 3.83. The van der Waals surface area contributed by atoms with E-state index in [0.717, 1.165) is 32.1 Å². The smallest absolute Gasteiger partial charge is 0.279 e. The third kappa shape index (κ3) is 2.80. The normalized spacial score (nSPS) is 37.0. The van der Waals surface area contributed by atoms with Crippen molar-refractivity contribution >= 4 is 10.2 Å². The first-order valence-electron chi connectivity index (χ1n) is 7.21. The van der Waals surface area contributed by atoms with E-state index in [1.807, 2.05) is 0 Å². The van der Waals surface area contributed by atoms with Gasteiger partial charge in [0, 0.05) is 13.1 Å². The molecule has 3 unspecified atom stereocenters. The van der Waals surface area contributed by atoms with E-state index in [0.29, 0.717) is 25.6 Å². The fraction of sp³-hybridized carbons (Fsp3) is 1.00. The van der Waals surface area contributed by atoms with E-state index in [2.05, 4.69) is 4.72 Å². The summed E-state index contributed by atoms with van der Waals surface area (Å²) >= 11 is 0. The van der Waals surface area contributed by atoms with Crippen molar-refractivity contribution in [3.05, 3.63) is 0 Å². The number of hydrogen-bond donors (Lipinski definition) is 2. The lowest BCUT2D eigenvalue weighted by atomic mass is 9.96. The van der Waals surface area contributed by atoms with Crippen molar-refractivity contribution in [1.82, 2.24) is 9.03 Å². The minimum Gasteiger partial charge on any atom is -0.373 e. The van der Waals surface area contributed by atoms with E-state index in [4.69, 9.17) is 10.5 Å². The van der Waals surface area contributed by atoms with Gasteiger partial charge < -0.3 is 10.5 Å². The first-order chi connectivity index (χ1) is 9.08. The van der Waals surface area contributed by atoms with Crippen LogP contribution in [0.3, 0.4) is 0 Å². The van der Waals surface area contributed by atoms with Gasteiger partial charge in [0.05, 0.1) is 18.2 Å². The molecule has 3 atom stereocenters.